The van der Waals surface area contributed by atoms with Crippen molar-refractivity contribution in [2.75, 3.05) is 13.2 Å². The first kappa shape index (κ1) is 11.4. The van der Waals surface area contributed by atoms with Gasteiger partial charge in [0.2, 0.25) is 0 Å². The molecule has 4 nitrogen and oxygen atoms in total. The Kier molecular flexibility index (Phi) is 2.44. The average molecular weight is 238 g/mol. The molecule has 3 atom stereocenters. The average Bonchev–Trinajstić information content (AvgIpc) is 2.89. The second-order valence-corrected chi connectivity index (χ2v) is 5.47. The van der Waals surface area contributed by atoms with E-state index in [1.54, 1.807) is 0 Å². The highest BCUT2D eigenvalue weighted by molar-refractivity contribution is 5.57. The van der Waals surface area contributed by atoms with Crippen molar-refractivity contribution in [3.05, 3.63) is 11.6 Å². The number of fused-ring (bicyclic) bond motifs is 2. The molecule has 2 fully saturated rings. The first-order chi connectivity index (χ1) is 8.11. The number of hydrogen-bond acceptors (Lipinski definition) is 4. The maximum absolute atomic E-state index is 11.0. The molecule has 0 amide bonds. The molecule has 1 spiro atoms. The molecule has 1 N–H and O–H groups in total. The lowest BCUT2D eigenvalue weighted by molar-refractivity contribution is -0.215. The number of rotatable bonds is 1. The van der Waals surface area contributed by atoms with Crippen LogP contribution in [-0.4, -0.2) is 36.5 Å². The van der Waals surface area contributed by atoms with Gasteiger partial charge < -0.3 is 19.4 Å². The first-order valence-electron chi connectivity index (χ1n) is 6.24. The minimum absolute atomic E-state index is 0.256. The van der Waals surface area contributed by atoms with E-state index in [2.05, 4.69) is 6.92 Å². The zero-order valence-electron chi connectivity index (χ0n) is 10.0. The van der Waals surface area contributed by atoms with Gasteiger partial charge in [-0.3, -0.25) is 0 Å². The summed E-state index contributed by atoms with van der Waals surface area (Å²) < 4.78 is 11.7. The van der Waals surface area contributed by atoms with Crippen LogP contribution >= 0.6 is 0 Å². The summed E-state index contributed by atoms with van der Waals surface area (Å²) in [6.07, 6.45) is 4.37. The number of carbonyl (C=O) groups excluding carboxylic acids is 1. The van der Waals surface area contributed by atoms with Crippen LogP contribution in [0, 0.1) is 11.3 Å². The van der Waals surface area contributed by atoms with E-state index in [0.717, 1.165) is 19.1 Å². The fourth-order valence-electron chi connectivity index (χ4n) is 3.62. The summed E-state index contributed by atoms with van der Waals surface area (Å²) in [5.41, 5.74) is 0.930. The molecule has 0 aromatic carbocycles. The Morgan fingerprint density at radius 3 is 2.82 bits per heavy atom. The normalized spacial score (nSPS) is 43.5. The van der Waals surface area contributed by atoms with E-state index in [1.807, 2.05) is 6.08 Å². The van der Waals surface area contributed by atoms with Crippen molar-refractivity contribution in [2.24, 2.45) is 11.3 Å². The Balaban J connectivity index is 2.01. The van der Waals surface area contributed by atoms with Crippen LogP contribution in [0.15, 0.2) is 11.6 Å². The summed E-state index contributed by atoms with van der Waals surface area (Å²) in [6.45, 7) is 3.34. The molecule has 1 saturated heterocycles. The molecule has 3 aliphatic rings. The number of ether oxygens (including phenoxy) is 2. The zero-order chi connectivity index (χ0) is 12.1. The third kappa shape index (κ3) is 1.38. The van der Waals surface area contributed by atoms with Crippen LogP contribution < -0.4 is 0 Å². The highest BCUT2D eigenvalue weighted by Gasteiger charge is 2.60. The van der Waals surface area contributed by atoms with Crippen molar-refractivity contribution in [1.82, 2.24) is 0 Å². The Labute approximate surface area is 101 Å². The molecule has 94 valence electrons. The predicted octanol–water partition coefficient (Wildman–Crippen LogP) is 1.04. The number of aliphatic hydroxyl groups excluding tert-OH is 1. The fraction of sp³-hybridized carbons (Fsp3) is 0.769. The van der Waals surface area contributed by atoms with E-state index in [4.69, 9.17) is 9.47 Å². The van der Waals surface area contributed by atoms with Crippen molar-refractivity contribution >= 4 is 6.29 Å². The molecule has 4 heteroatoms. The van der Waals surface area contributed by atoms with E-state index >= 15 is 0 Å². The third-order valence-electron chi connectivity index (χ3n) is 4.66. The molecule has 0 aromatic rings. The van der Waals surface area contributed by atoms with Gasteiger partial charge in [-0.25, -0.2) is 0 Å². The van der Waals surface area contributed by atoms with Gasteiger partial charge in [0, 0.05) is 17.8 Å². The fourth-order valence-corrected chi connectivity index (χ4v) is 3.62. The Hall–Kier alpha value is -0.710. The third-order valence-corrected chi connectivity index (χ3v) is 4.66. The summed E-state index contributed by atoms with van der Waals surface area (Å²) in [7, 11) is 0. The smallest absolute Gasteiger partial charge is 0.177 e. The van der Waals surface area contributed by atoms with Gasteiger partial charge in [0.05, 0.1) is 19.3 Å². The van der Waals surface area contributed by atoms with E-state index < -0.39 is 11.9 Å². The Bertz CT molecular complexity index is 370. The summed E-state index contributed by atoms with van der Waals surface area (Å²) >= 11 is 0. The molecule has 17 heavy (non-hydrogen) atoms. The van der Waals surface area contributed by atoms with Crippen LogP contribution in [0.1, 0.15) is 26.2 Å². The lowest BCUT2D eigenvalue weighted by Crippen LogP contribution is -2.48. The van der Waals surface area contributed by atoms with Gasteiger partial charge >= 0.3 is 0 Å². The zero-order valence-corrected chi connectivity index (χ0v) is 10.0. The van der Waals surface area contributed by atoms with Crippen molar-refractivity contribution in [3.63, 3.8) is 0 Å². The van der Waals surface area contributed by atoms with Crippen LogP contribution in [0.25, 0.3) is 0 Å². The molecule has 3 unspecified atom stereocenters. The van der Waals surface area contributed by atoms with Gasteiger partial charge in [-0.05, 0) is 12.8 Å². The second-order valence-electron chi connectivity index (χ2n) is 5.47. The SMILES string of the molecule is CC12CC(C=O)C(O)C=C1CCC21OCCO1. The molecule has 2 aliphatic carbocycles. The first-order valence-corrected chi connectivity index (χ1v) is 6.24. The highest BCUT2D eigenvalue weighted by atomic mass is 16.7. The molecule has 1 saturated carbocycles. The van der Waals surface area contributed by atoms with Crippen molar-refractivity contribution < 1.29 is 19.4 Å². The molecular weight excluding hydrogens is 220 g/mol. The van der Waals surface area contributed by atoms with E-state index in [1.165, 1.54) is 5.57 Å². The molecular formula is C13H18O4. The largest absolute Gasteiger partial charge is 0.388 e. The monoisotopic (exact) mass is 238 g/mol. The van der Waals surface area contributed by atoms with E-state index in [9.17, 15) is 9.90 Å². The molecule has 3 rings (SSSR count). The molecule has 0 radical (unpaired) electrons. The number of aldehydes is 1. The van der Waals surface area contributed by atoms with Crippen LogP contribution in [0.2, 0.25) is 0 Å². The predicted molar refractivity (Wildman–Crippen MR) is 60.2 cm³/mol. The minimum atomic E-state index is -0.646. The van der Waals surface area contributed by atoms with Gasteiger partial charge in [-0.15, -0.1) is 0 Å². The van der Waals surface area contributed by atoms with Crippen LogP contribution in [0.3, 0.4) is 0 Å². The highest BCUT2D eigenvalue weighted by Crippen LogP contribution is 2.59. The molecule has 0 bridgehead atoms. The number of hydrogen-bond donors (Lipinski definition) is 1. The molecule has 1 aliphatic heterocycles. The maximum Gasteiger partial charge on any atom is 0.177 e. The van der Waals surface area contributed by atoms with Crippen LogP contribution in [0.5, 0.6) is 0 Å². The van der Waals surface area contributed by atoms with Crippen LogP contribution in [0.4, 0.5) is 0 Å². The van der Waals surface area contributed by atoms with Gasteiger partial charge in [-0.1, -0.05) is 18.6 Å². The quantitative estimate of drug-likeness (QED) is 0.547. The van der Waals surface area contributed by atoms with E-state index in [-0.39, 0.29) is 11.3 Å². The molecule has 1 heterocycles. The Morgan fingerprint density at radius 2 is 2.18 bits per heavy atom. The standard InChI is InChI=1S/C13H18O4/c1-12-7-9(8-14)11(15)6-10(12)2-3-13(12)16-4-5-17-13/h6,8-9,11,15H,2-5,7H2,1H3. The lowest BCUT2D eigenvalue weighted by Gasteiger charge is -2.44. The van der Waals surface area contributed by atoms with Gasteiger partial charge in [-0.2, -0.15) is 0 Å². The lowest BCUT2D eigenvalue weighted by atomic mass is 9.68. The summed E-state index contributed by atoms with van der Waals surface area (Å²) in [4.78, 5) is 11.0. The minimum Gasteiger partial charge on any atom is -0.388 e. The number of aliphatic hydroxyl groups is 1. The summed E-state index contributed by atoms with van der Waals surface area (Å²) in [6, 6.07) is 0. The van der Waals surface area contributed by atoms with Crippen molar-refractivity contribution in [2.45, 2.75) is 38.1 Å². The maximum atomic E-state index is 11.0. The van der Waals surface area contributed by atoms with E-state index in [0.29, 0.717) is 19.6 Å². The van der Waals surface area contributed by atoms with Gasteiger partial charge in [0.15, 0.2) is 5.79 Å². The van der Waals surface area contributed by atoms with Crippen LogP contribution in [-0.2, 0) is 14.3 Å². The molecule has 0 aromatic heterocycles. The van der Waals surface area contributed by atoms with Gasteiger partial charge in [0.1, 0.15) is 6.29 Å². The van der Waals surface area contributed by atoms with Crippen molar-refractivity contribution in [1.29, 1.82) is 0 Å². The number of carbonyl (C=O) groups is 1. The van der Waals surface area contributed by atoms with Crippen molar-refractivity contribution in [3.8, 4) is 0 Å². The Morgan fingerprint density at radius 1 is 1.47 bits per heavy atom. The summed E-state index contributed by atoms with van der Waals surface area (Å²) in [5, 5.41) is 9.87. The van der Waals surface area contributed by atoms with Gasteiger partial charge in [0.25, 0.3) is 0 Å². The summed E-state index contributed by atoms with van der Waals surface area (Å²) in [5.74, 6) is -0.897. The topological polar surface area (TPSA) is 55.8 Å². The second kappa shape index (κ2) is 3.64.